The highest BCUT2D eigenvalue weighted by Crippen LogP contribution is 2.26. The van der Waals surface area contributed by atoms with Crippen molar-refractivity contribution in [2.75, 3.05) is 132 Å². The number of likely N-dealkylation sites (tertiary alicyclic amines) is 5. The Labute approximate surface area is 406 Å². The molecule has 1 aromatic rings. The summed E-state index contributed by atoms with van der Waals surface area (Å²) in [6.45, 7) is 42.5. The van der Waals surface area contributed by atoms with Crippen LogP contribution >= 0.6 is 0 Å². The average Bonchev–Trinajstić information content (AvgIpc) is 3.35. The van der Waals surface area contributed by atoms with Crippen LogP contribution in [0.25, 0.3) is 0 Å². The van der Waals surface area contributed by atoms with Crippen LogP contribution in [0.15, 0.2) is 24.3 Å². The molecule has 8 heterocycles. The van der Waals surface area contributed by atoms with E-state index in [4.69, 9.17) is 4.74 Å². The number of hydrogen-bond acceptors (Lipinski definition) is 11. The standard InChI is InChI=1S/C17H26N2.C13H27N3.C13H26N2O.C12H24N2O/c1-14(2)18-10-5-8-17(13-18)19-11-9-15-6-3-4-7-16(15)12-19;1-12(2)16-6-4-5-13(11-16)15-9-7-14(3)8-10-15;1-11(2)15-7-3-4-12(10-15)14-8-5-13(16)6-9-14;1-11(2)14-5-3-4-12(10-14)13-6-8-15-9-7-13/h3-4,6-7,14,17H,5,8-13H2,1-2H3;12-13H,4-11H2,1-3H3;11-13,16H,3-10H2,1-2H3;11-12H,3-10H2,1-2H3. The minimum Gasteiger partial charge on any atom is -0.393 e. The second-order valence-corrected chi connectivity index (χ2v) is 22.8. The predicted octanol–water partition coefficient (Wildman–Crippen LogP) is 6.53. The third kappa shape index (κ3) is 17.0. The van der Waals surface area contributed by atoms with E-state index in [1.54, 1.807) is 11.1 Å². The van der Waals surface area contributed by atoms with Crippen molar-refractivity contribution in [2.45, 2.75) is 187 Å². The lowest BCUT2D eigenvalue weighted by Gasteiger charge is -2.43. The summed E-state index contributed by atoms with van der Waals surface area (Å²) in [5, 5.41) is 9.53. The SMILES string of the molecule is CC(C)N1CCCC(N2CCC(O)CC2)C1.CC(C)N1CCCC(N2CCN(C)CC2)C1.CC(C)N1CCCC(N2CCOCC2)C1.CC(C)N1CCCC(N2CCc3ccccc3C2)C1. The number of piperazine rings is 1. The van der Waals surface area contributed by atoms with Crippen LogP contribution < -0.4 is 0 Å². The van der Waals surface area contributed by atoms with Gasteiger partial charge in [0.15, 0.2) is 0 Å². The number of nitrogens with zero attached hydrogens (tertiary/aromatic N) is 9. The van der Waals surface area contributed by atoms with Crippen molar-refractivity contribution in [1.29, 1.82) is 0 Å². The number of aliphatic hydroxyl groups is 1. The van der Waals surface area contributed by atoms with Gasteiger partial charge in [0.05, 0.1) is 19.3 Å². The Kier molecular flexibility index (Phi) is 22.9. The molecular formula is C55H103N9O2. The summed E-state index contributed by atoms with van der Waals surface area (Å²) in [5.74, 6) is 0. The van der Waals surface area contributed by atoms with Crippen molar-refractivity contribution >= 4 is 0 Å². The van der Waals surface area contributed by atoms with E-state index in [1.807, 2.05) is 0 Å². The molecule has 11 heteroatoms. The van der Waals surface area contributed by atoms with Gasteiger partial charge in [0, 0.05) is 140 Å². The average molecular weight is 922 g/mol. The molecule has 1 N–H and O–H groups in total. The molecule has 8 aliphatic heterocycles. The van der Waals surface area contributed by atoms with Crippen LogP contribution in [-0.4, -0.2) is 235 Å². The summed E-state index contributed by atoms with van der Waals surface area (Å²) in [5.41, 5.74) is 3.12. The smallest absolute Gasteiger partial charge is 0.0594 e. The summed E-state index contributed by atoms with van der Waals surface area (Å²) < 4.78 is 5.41. The third-order valence-corrected chi connectivity index (χ3v) is 16.9. The molecule has 66 heavy (non-hydrogen) atoms. The molecule has 9 rings (SSSR count). The first-order chi connectivity index (χ1) is 31.8. The normalized spacial score (nSPS) is 29.5. The Morgan fingerprint density at radius 2 is 0.818 bits per heavy atom. The zero-order valence-corrected chi connectivity index (χ0v) is 44.3. The van der Waals surface area contributed by atoms with Crippen molar-refractivity contribution in [3.05, 3.63) is 35.4 Å². The summed E-state index contributed by atoms with van der Waals surface area (Å²) in [4.78, 5) is 23.6. The fourth-order valence-electron chi connectivity index (χ4n) is 12.2. The molecule has 7 fully saturated rings. The highest BCUT2D eigenvalue weighted by Gasteiger charge is 2.32. The summed E-state index contributed by atoms with van der Waals surface area (Å²) >= 11 is 0. The maximum atomic E-state index is 9.53. The third-order valence-electron chi connectivity index (χ3n) is 16.9. The van der Waals surface area contributed by atoms with E-state index in [2.05, 4.69) is 131 Å². The quantitative estimate of drug-likeness (QED) is 0.310. The minimum atomic E-state index is -0.0407. The van der Waals surface area contributed by atoms with E-state index in [0.29, 0.717) is 18.1 Å². The highest BCUT2D eigenvalue weighted by atomic mass is 16.5. The fraction of sp³-hybridized carbons (Fsp3) is 0.891. The van der Waals surface area contributed by atoms with E-state index in [-0.39, 0.29) is 6.10 Å². The highest BCUT2D eigenvalue weighted by molar-refractivity contribution is 5.29. The molecule has 0 aliphatic carbocycles. The molecule has 11 nitrogen and oxygen atoms in total. The molecule has 0 aromatic heterocycles. The maximum Gasteiger partial charge on any atom is 0.0594 e. The molecule has 0 spiro atoms. The lowest BCUT2D eigenvalue weighted by atomic mass is 9.95. The van der Waals surface area contributed by atoms with Gasteiger partial charge in [0.2, 0.25) is 0 Å². The Morgan fingerprint density at radius 1 is 0.439 bits per heavy atom. The van der Waals surface area contributed by atoms with Gasteiger partial charge >= 0.3 is 0 Å². The molecule has 0 saturated carbocycles. The van der Waals surface area contributed by atoms with E-state index in [0.717, 1.165) is 89.0 Å². The second-order valence-electron chi connectivity index (χ2n) is 22.8. The van der Waals surface area contributed by atoms with Crippen LogP contribution in [0.4, 0.5) is 0 Å². The number of rotatable bonds is 8. The van der Waals surface area contributed by atoms with Gasteiger partial charge in [0.1, 0.15) is 0 Å². The summed E-state index contributed by atoms with van der Waals surface area (Å²) in [6, 6.07) is 14.9. The molecule has 7 saturated heterocycles. The van der Waals surface area contributed by atoms with E-state index in [1.165, 1.54) is 143 Å². The molecule has 4 unspecified atom stereocenters. The monoisotopic (exact) mass is 922 g/mol. The first kappa shape index (κ1) is 54.1. The number of hydrogen-bond donors (Lipinski definition) is 1. The lowest BCUT2D eigenvalue weighted by Crippen LogP contribution is -2.55. The predicted molar refractivity (Wildman–Crippen MR) is 278 cm³/mol. The van der Waals surface area contributed by atoms with Crippen molar-refractivity contribution in [3.8, 4) is 0 Å². The van der Waals surface area contributed by atoms with Gasteiger partial charge in [0.25, 0.3) is 0 Å². The van der Waals surface area contributed by atoms with E-state index in [9.17, 15) is 5.11 Å². The zero-order valence-electron chi connectivity index (χ0n) is 44.3. The summed E-state index contributed by atoms with van der Waals surface area (Å²) in [7, 11) is 2.23. The van der Waals surface area contributed by atoms with Crippen molar-refractivity contribution in [3.63, 3.8) is 0 Å². The largest absolute Gasteiger partial charge is 0.393 e. The van der Waals surface area contributed by atoms with Crippen LogP contribution in [0.5, 0.6) is 0 Å². The number of benzene rings is 1. The molecule has 0 amide bonds. The first-order valence-electron chi connectivity index (χ1n) is 27.8. The van der Waals surface area contributed by atoms with Crippen molar-refractivity contribution in [1.82, 2.24) is 44.1 Å². The first-order valence-corrected chi connectivity index (χ1v) is 27.8. The number of piperidine rings is 5. The van der Waals surface area contributed by atoms with Crippen molar-refractivity contribution < 1.29 is 9.84 Å². The van der Waals surface area contributed by atoms with Gasteiger partial charge in [-0.2, -0.15) is 0 Å². The molecule has 8 aliphatic rings. The van der Waals surface area contributed by atoms with E-state index < -0.39 is 0 Å². The fourth-order valence-corrected chi connectivity index (χ4v) is 12.2. The Hall–Kier alpha value is -1.22. The Bertz CT molecular complexity index is 1410. The van der Waals surface area contributed by atoms with Crippen molar-refractivity contribution in [2.24, 2.45) is 0 Å². The second kappa shape index (κ2) is 28.0. The van der Waals surface area contributed by atoms with E-state index >= 15 is 0 Å². The van der Waals surface area contributed by atoms with Gasteiger partial charge < -0.3 is 14.7 Å². The maximum absolute atomic E-state index is 9.53. The summed E-state index contributed by atoms with van der Waals surface area (Å²) in [6.07, 6.45) is 14.1. The van der Waals surface area contributed by atoms with Crippen LogP contribution in [0.1, 0.15) is 131 Å². The van der Waals surface area contributed by atoms with Gasteiger partial charge in [-0.05, 0) is 170 Å². The van der Waals surface area contributed by atoms with Crippen LogP contribution in [0, 0.1) is 0 Å². The van der Waals surface area contributed by atoms with Crippen LogP contribution in [-0.2, 0) is 17.7 Å². The Morgan fingerprint density at radius 3 is 1.24 bits per heavy atom. The number of morpholine rings is 1. The molecule has 1 aromatic carbocycles. The Balaban J connectivity index is 0.000000146. The number of likely N-dealkylation sites (N-methyl/N-ethyl adjacent to an activating group) is 1. The molecule has 380 valence electrons. The van der Waals surface area contributed by atoms with Gasteiger partial charge in [-0.3, -0.25) is 39.2 Å². The molecule has 4 atom stereocenters. The van der Waals surface area contributed by atoms with Crippen LogP contribution in [0.2, 0.25) is 0 Å². The lowest BCUT2D eigenvalue weighted by molar-refractivity contribution is -0.00644. The number of fused-ring (bicyclic) bond motifs is 1. The van der Waals surface area contributed by atoms with Gasteiger partial charge in [-0.25, -0.2) is 0 Å². The number of ether oxygens (including phenoxy) is 1. The molecule has 0 bridgehead atoms. The topological polar surface area (TPSA) is 58.6 Å². The molecule has 0 radical (unpaired) electrons. The van der Waals surface area contributed by atoms with Gasteiger partial charge in [-0.1, -0.05) is 24.3 Å². The van der Waals surface area contributed by atoms with Crippen LogP contribution in [0.3, 0.4) is 0 Å². The number of aliphatic hydroxyl groups excluding tert-OH is 1. The zero-order chi connectivity index (χ0) is 47.0. The minimum absolute atomic E-state index is 0.0407. The molecular weight excluding hydrogens is 819 g/mol. The van der Waals surface area contributed by atoms with Gasteiger partial charge in [-0.15, -0.1) is 0 Å².